The molecular formula is C10H14BBrN2O2. The van der Waals surface area contributed by atoms with Gasteiger partial charge in [-0.1, -0.05) is 0 Å². The summed E-state index contributed by atoms with van der Waals surface area (Å²) in [6.45, 7) is 8.02. The first-order valence-corrected chi connectivity index (χ1v) is 5.94. The highest BCUT2D eigenvalue weighted by Crippen LogP contribution is 2.36. The first-order valence-electron chi connectivity index (χ1n) is 5.15. The molecule has 1 aliphatic heterocycles. The topological polar surface area (TPSA) is 44.2 Å². The maximum absolute atomic E-state index is 5.83. The van der Waals surface area contributed by atoms with Crippen LogP contribution in [0.4, 0.5) is 0 Å². The molecule has 6 heteroatoms. The third kappa shape index (κ3) is 2.01. The molecule has 4 nitrogen and oxygen atoms in total. The van der Waals surface area contributed by atoms with Crippen LogP contribution in [0.15, 0.2) is 16.9 Å². The molecule has 0 aliphatic carbocycles. The Morgan fingerprint density at radius 3 is 1.94 bits per heavy atom. The average molecular weight is 285 g/mol. The zero-order chi connectivity index (χ0) is 12.0. The van der Waals surface area contributed by atoms with E-state index in [1.165, 1.54) is 0 Å². The van der Waals surface area contributed by atoms with E-state index in [0.29, 0.717) is 5.72 Å². The van der Waals surface area contributed by atoms with E-state index in [9.17, 15) is 0 Å². The lowest BCUT2D eigenvalue weighted by Crippen LogP contribution is -2.41. The Morgan fingerprint density at radius 1 is 1.06 bits per heavy atom. The van der Waals surface area contributed by atoms with Crippen LogP contribution in [0.3, 0.4) is 0 Å². The summed E-state index contributed by atoms with van der Waals surface area (Å²) in [5.41, 5.74) is -0.149. The van der Waals surface area contributed by atoms with Gasteiger partial charge >= 0.3 is 7.12 Å². The summed E-state index contributed by atoms with van der Waals surface area (Å²) in [6, 6.07) is 0. The minimum Gasteiger partial charge on any atom is -0.397 e. The molecule has 1 saturated heterocycles. The largest absolute Gasteiger partial charge is 0.534 e. The normalized spacial score (nSPS) is 22.4. The summed E-state index contributed by atoms with van der Waals surface area (Å²) >= 11 is 3.29. The Hall–Kier alpha value is -0.455. The molecule has 86 valence electrons. The van der Waals surface area contributed by atoms with Crippen molar-refractivity contribution in [3.8, 4) is 0 Å². The van der Waals surface area contributed by atoms with Crippen LogP contribution in [0.5, 0.6) is 0 Å². The summed E-state index contributed by atoms with van der Waals surface area (Å²) in [5.74, 6) is 0. The number of rotatable bonds is 1. The number of hydrogen-bond acceptors (Lipinski definition) is 4. The van der Waals surface area contributed by atoms with E-state index in [-0.39, 0.29) is 11.2 Å². The van der Waals surface area contributed by atoms with Gasteiger partial charge in [0, 0.05) is 12.4 Å². The van der Waals surface area contributed by atoms with Crippen molar-refractivity contribution in [1.82, 2.24) is 9.97 Å². The lowest BCUT2D eigenvalue weighted by atomic mass is 9.89. The Balaban J connectivity index is 2.23. The second kappa shape index (κ2) is 3.79. The molecule has 1 aromatic rings. The molecule has 16 heavy (non-hydrogen) atoms. The lowest BCUT2D eigenvalue weighted by Gasteiger charge is -2.32. The summed E-state index contributed by atoms with van der Waals surface area (Å²) in [5, 5.41) is 0. The molecule has 0 N–H and O–H groups in total. The molecule has 0 amide bonds. The third-order valence-corrected chi connectivity index (χ3v) is 3.51. The highest BCUT2D eigenvalue weighted by atomic mass is 79.9. The molecule has 2 heterocycles. The highest BCUT2D eigenvalue weighted by Gasteiger charge is 2.53. The molecule has 0 radical (unpaired) electrons. The van der Waals surface area contributed by atoms with Crippen LogP contribution in [0.25, 0.3) is 0 Å². The second-order valence-corrected chi connectivity index (χ2v) is 5.76. The SMILES string of the molecule is CC1(C)OB(c2ncc(Br)cn2)OC1(C)C. The minimum atomic E-state index is -0.488. The van der Waals surface area contributed by atoms with E-state index in [2.05, 4.69) is 25.9 Å². The second-order valence-electron chi connectivity index (χ2n) is 4.85. The van der Waals surface area contributed by atoms with Crippen molar-refractivity contribution in [2.75, 3.05) is 0 Å². The van der Waals surface area contributed by atoms with E-state index in [0.717, 1.165) is 4.47 Å². The van der Waals surface area contributed by atoms with E-state index < -0.39 is 7.12 Å². The van der Waals surface area contributed by atoms with Crippen molar-refractivity contribution in [2.24, 2.45) is 0 Å². The molecule has 2 rings (SSSR count). The van der Waals surface area contributed by atoms with Gasteiger partial charge in [0.2, 0.25) is 0 Å². The Morgan fingerprint density at radius 2 is 1.50 bits per heavy atom. The van der Waals surface area contributed by atoms with Crippen molar-refractivity contribution in [1.29, 1.82) is 0 Å². The van der Waals surface area contributed by atoms with E-state index >= 15 is 0 Å². The lowest BCUT2D eigenvalue weighted by molar-refractivity contribution is 0.00578. The van der Waals surface area contributed by atoms with Crippen LogP contribution in [-0.2, 0) is 9.31 Å². The Kier molecular flexibility index (Phi) is 2.84. The standard InChI is InChI=1S/C10H14BBrN2O2/c1-9(2)10(3,4)16-11(15-9)8-13-5-7(12)6-14-8/h5-6H,1-4H3. The Labute approximate surface area is 104 Å². The van der Waals surface area contributed by atoms with Gasteiger partial charge in [0.05, 0.1) is 15.7 Å². The number of halogens is 1. The maximum atomic E-state index is 5.83. The smallest absolute Gasteiger partial charge is 0.397 e. The molecule has 1 fully saturated rings. The van der Waals surface area contributed by atoms with Gasteiger partial charge < -0.3 is 9.31 Å². The third-order valence-electron chi connectivity index (χ3n) is 3.10. The molecule has 0 aromatic carbocycles. The van der Waals surface area contributed by atoms with Crippen molar-refractivity contribution in [3.05, 3.63) is 16.9 Å². The van der Waals surface area contributed by atoms with Crippen LogP contribution < -0.4 is 5.72 Å². The fourth-order valence-electron chi connectivity index (χ4n) is 1.39. The summed E-state index contributed by atoms with van der Waals surface area (Å²) < 4.78 is 12.5. The van der Waals surface area contributed by atoms with Gasteiger partial charge in [-0.3, -0.25) is 0 Å². The van der Waals surface area contributed by atoms with E-state index in [1.807, 2.05) is 27.7 Å². The van der Waals surface area contributed by atoms with Gasteiger partial charge in [-0.2, -0.15) is 0 Å². The van der Waals surface area contributed by atoms with Gasteiger partial charge in [0.1, 0.15) is 0 Å². The zero-order valence-corrected chi connectivity index (χ0v) is 11.4. The monoisotopic (exact) mass is 284 g/mol. The summed E-state index contributed by atoms with van der Waals surface area (Å²) in [4.78, 5) is 8.37. The fourth-order valence-corrected chi connectivity index (χ4v) is 1.60. The summed E-state index contributed by atoms with van der Waals surface area (Å²) in [7, 11) is -0.488. The fraction of sp³-hybridized carbons (Fsp3) is 0.600. The van der Waals surface area contributed by atoms with Crippen LogP contribution >= 0.6 is 15.9 Å². The van der Waals surface area contributed by atoms with Crippen LogP contribution in [-0.4, -0.2) is 28.3 Å². The zero-order valence-electron chi connectivity index (χ0n) is 9.82. The molecule has 0 atom stereocenters. The highest BCUT2D eigenvalue weighted by molar-refractivity contribution is 9.10. The molecule has 0 spiro atoms. The van der Waals surface area contributed by atoms with Gasteiger partial charge in [-0.05, 0) is 43.6 Å². The molecule has 0 saturated carbocycles. The van der Waals surface area contributed by atoms with Crippen molar-refractivity contribution >= 4 is 28.8 Å². The van der Waals surface area contributed by atoms with Gasteiger partial charge in [-0.15, -0.1) is 0 Å². The first-order chi connectivity index (χ1) is 7.32. The average Bonchev–Trinajstić information content (AvgIpc) is 2.37. The van der Waals surface area contributed by atoms with Crippen molar-refractivity contribution < 1.29 is 9.31 Å². The van der Waals surface area contributed by atoms with E-state index in [4.69, 9.17) is 9.31 Å². The molecule has 0 bridgehead atoms. The van der Waals surface area contributed by atoms with Gasteiger partial charge in [-0.25, -0.2) is 9.97 Å². The number of aromatic nitrogens is 2. The molecule has 0 unspecified atom stereocenters. The van der Waals surface area contributed by atoms with Gasteiger partial charge in [0.25, 0.3) is 0 Å². The predicted octanol–water partition coefficient (Wildman–Crippen LogP) is 1.54. The van der Waals surface area contributed by atoms with Crippen LogP contribution in [0.2, 0.25) is 0 Å². The van der Waals surface area contributed by atoms with E-state index in [1.54, 1.807) is 12.4 Å². The minimum absolute atomic E-state index is 0.353. The first kappa shape index (κ1) is 12.0. The molecule has 1 aliphatic rings. The van der Waals surface area contributed by atoms with Crippen LogP contribution in [0, 0.1) is 0 Å². The number of nitrogens with zero attached hydrogens (tertiary/aromatic N) is 2. The molecular weight excluding hydrogens is 271 g/mol. The predicted molar refractivity (Wildman–Crippen MR) is 65.4 cm³/mol. The number of hydrogen-bond donors (Lipinski definition) is 0. The van der Waals surface area contributed by atoms with Crippen molar-refractivity contribution in [3.63, 3.8) is 0 Å². The van der Waals surface area contributed by atoms with Crippen molar-refractivity contribution in [2.45, 2.75) is 38.9 Å². The van der Waals surface area contributed by atoms with Gasteiger partial charge in [0.15, 0.2) is 5.72 Å². The maximum Gasteiger partial charge on any atom is 0.534 e. The van der Waals surface area contributed by atoms with Crippen LogP contribution in [0.1, 0.15) is 27.7 Å². The Bertz CT molecular complexity index is 378. The summed E-state index contributed by atoms with van der Waals surface area (Å²) in [6.07, 6.45) is 3.38. The molecule has 1 aromatic heterocycles. The quantitative estimate of drug-likeness (QED) is 0.734.